The van der Waals surface area contributed by atoms with E-state index in [1.165, 1.54) is 6.26 Å². The van der Waals surface area contributed by atoms with Crippen molar-refractivity contribution in [3.05, 3.63) is 123 Å². The molecule has 5 nitrogen and oxygen atoms in total. The van der Waals surface area contributed by atoms with E-state index in [1.807, 2.05) is 67.6 Å². The Labute approximate surface area is 215 Å². The summed E-state index contributed by atoms with van der Waals surface area (Å²) in [5.41, 5.74) is 3.37. The van der Waals surface area contributed by atoms with Crippen LogP contribution in [0.25, 0.3) is 0 Å². The summed E-state index contributed by atoms with van der Waals surface area (Å²) in [6.07, 6.45) is 1.41. The molecule has 0 aliphatic rings. The Hall–Kier alpha value is -3.12. The highest BCUT2D eigenvalue weighted by atomic mass is 35.5. The van der Waals surface area contributed by atoms with E-state index in [4.69, 9.17) is 27.6 Å². The fraction of sp³-hybridized carbons (Fsp3) is 0.214. The van der Waals surface area contributed by atoms with E-state index >= 15 is 0 Å². The zero-order valence-corrected chi connectivity index (χ0v) is 21.1. The monoisotopic (exact) mass is 507 g/mol. The number of carbonyl (C=O) groups excluding carboxylic acids is 1. The van der Waals surface area contributed by atoms with Crippen LogP contribution in [0.4, 0.5) is 0 Å². The van der Waals surface area contributed by atoms with Crippen molar-refractivity contribution in [2.24, 2.45) is 0 Å². The first-order chi connectivity index (χ1) is 16.9. The van der Waals surface area contributed by atoms with E-state index in [0.717, 1.165) is 16.7 Å². The van der Waals surface area contributed by atoms with E-state index in [9.17, 15) is 4.79 Å². The van der Waals surface area contributed by atoms with Crippen LogP contribution in [-0.4, -0.2) is 15.8 Å². The first kappa shape index (κ1) is 25.0. The van der Waals surface area contributed by atoms with Crippen molar-refractivity contribution in [3.63, 3.8) is 0 Å². The molecule has 2 atom stereocenters. The van der Waals surface area contributed by atoms with Crippen molar-refractivity contribution in [1.82, 2.24) is 15.2 Å². The summed E-state index contributed by atoms with van der Waals surface area (Å²) in [4.78, 5) is 19.4. The molecule has 0 aliphatic heterocycles. The van der Waals surface area contributed by atoms with Gasteiger partial charge in [-0.15, -0.1) is 0 Å². The number of rotatable bonds is 9. The summed E-state index contributed by atoms with van der Waals surface area (Å²) in [7, 11) is 0. The van der Waals surface area contributed by atoms with Crippen LogP contribution in [0.2, 0.25) is 10.0 Å². The Morgan fingerprint density at radius 2 is 1.60 bits per heavy atom. The lowest BCUT2D eigenvalue weighted by molar-refractivity contribution is 0.0934. The number of hydrogen-bond acceptors (Lipinski definition) is 4. The number of halogens is 2. The molecular formula is C28H27Cl2N3O2. The van der Waals surface area contributed by atoms with Crippen LogP contribution < -0.4 is 5.32 Å². The molecule has 7 heteroatoms. The number of benzene rings is 3. The molecular weight excluding hydrogens is 481 g/mol. The van der Waals surface area contributed by atoms with Crippen LogP contribution >= 0.6 is 23.2 Å². The van der Waals surface area contributed by atoms with E-state index in [1.54, 1.807) is 6.07 Å². The maximum atomic E-state index is 12.8. The van der Waals surface area contributed by atoms with Crippen molar-refractivity contribution in [3.8, 4) is 0 Å². The standard InChI is InChI=1S/C28H27Cl2N3O2/c1-19(21-9-5-3-6-10-21)31-28(34)26-18-35-27(32-26)17-33(20(2)22-11-7-4-8-12-22)16-23-13-14-24(29)15-25(23)30/h3-15,18-20H,16-17H2,1-2H3,(H,31,34)/t19-,20-/m0/s1. The third-order valence-corrected chi connectivity index (χ3v) is 6.58. The van der Waals surface area contributed by atoms with Crippen LogP contribution in [-0.2, 0) is 13.1 Å². The summed E-state index contributed by atoms with van der Waals surface area (Å²) in [5.74, 6) is 0.176. The van der Waals surface area contributed by atoms with Gasteiger partial charge in [-0.25, -0.2) is 4.98 Å². The molecule has 1 heterocycles. The molecule has 4 aromatic rings. The third-order valence-electron chi connectivity index (χ3n) is 5.99. The number of oxazole rings is 1. The number of aromatic nitrogens is 1. The van der Waals surface area contributed by atoms with E-state index in [2.05, 4.69) is 34.3 Å². The second kappa shape index (κ2) is 11.5. The second-order valence-electron chi connectivity index (χ2n) is 8.46. The van der Waals surface area contributed by atoms with Gasteiger partial charge in [0.2, 0.25) is 5.89 Å². The molecule has 4 rings (SSSR count). The smallest absolute Gasteiger partial charge is 0.273 e. The fourth-order valence-corrected chi connectivity index (χ4v) is 4.37. The molecule has 1 N–H and O–H groups in total. The maximum absolute atomic E-state index is 12.8. The van der Waals surface area contributed by atoms with Crippen molar-refractivity contribution >= 4 is 29.1 Å². The highest BCUT2D eigenvalue weighted by Gasteiger charge is 2.22. The van der Waals surface area contributed by atoms with Crippen LogP contribution in [0, 0.1) is 0 Å². The SMILES string of the molecule is C[C@H](NC(=O)c1coc(CN(Cc2ccc(Cl)cc2Cl)[C@@H](C)c2ccccc2)n1)c1ccccc1. The minimum Gasteiger partial charge on any atom is -0.447 e. The minimum atomic E-state index is -0.278. The summed E-state index contributed by atoms with van der Waals surface area (Å²) < 4.78 is 5.71. The first-order valence-electron chi connectivity index (χ1n) is 11.4. The highest BCUT2D eigenvalue weighted by molar-refractivity contribution is 6.35. The molecule has 35 heavy (non-hydrogen) atoms. The topological polar surface area (TPSA) is 58.4 Å². The van der Waals surface area contributed by atoms with Gasteiger partial charge in [0, 0.05) is 22.6 Å². The molecule has 1 aromatic heterocycles. The van der Waals surface area contributed by atoms with Crippen LogP contribution in [0.1, 0.15) is 59.0 Å². The van der Waals surface area contributed by atoms with Gasteiger partial charge in [-0.05, 0) is 42.7 Å². The second-order valence-corrected chi connectivity index (χ2v) is 9.30. The molecule has 0 saturated heterocycles. The minimum absolute atomic E-state index is 0.0465. The van der Waals surface area contributed by atoms with E-state index < -0.39 is 0 Å². The molecule has 0 unspecified atom stereocenters. The third kappa shape index (κ3) is 6.51. The normalized spacial score (nSPS) is 12.9. The van der Waals surface area contributed by atoms with Gasteiger partial charge in [-0.1, -0.05) is 89.9 Å². The fourth-order valence-electron chi connectivity index (χ4n) is 3.90. The number of amides is 1. The van der Waals surface area contributed by atoms with Crippen LogP contribution in [0.5, 0.6) is 0 Å². The Balaban J connectivity index is 1.51. The van der Waals surface area contributed by atoms with Crippen molar-refractivity contribution in [2.45, 2.75) is 39.0 Å². The predicted octanol–water partition coefficient (Wildman–Crippen LogP) is 7.24. The lowest BCUT2D eigenvalue weighted by Gasteiger charge is -2.28. The lowest BCUT2D eigenvalue weighted by Crippen LogP contribution is -2.28. The molecule has 0 fully saturated rings. The van der Waals surface area contributed by atoms with E-state index in [-0.39, 0.29) is 23.7 Å². The summed E-state index contributed by atoms with van der Waals surface area (Å²) in [6, 6.07) is 25.4. The average molecular weight is 508 g/mol. The van der Waals surface area contributed by atoms with Crippen LogP contribution in [0.15, 0.2) is 89.5 Å². The largest absolute Gasteiger partial charge is 0.447 e. The van der Waals surface area contributed by atoms with Crippen molar-refractivity contribution in [2.75, 3.05) is 0 Å². The number of carbonyl (C=O) groups is 1. The number of nitrogens with one attached hydrogen (secondary N) is 1. The zero-order valence-electron chi connectivity index (χ0n) is 19.6. The molecule has 1 amide bonds. The average Bonchev–Trinajstić information content (AvgIpc) is 3.34. The van der Waals surface area contributed by atoms with Gasteiger partial charge in [0.05, 0.1) is 12.6 Å². The maximum Gasteiger partial charge on any atom is 0.273 e. The lowest BCUT2D eigenvalue weighted by atomic mass is 10.1. The highest BCUT2D eigenvalue weighted by Crippen LogP contribution is 2.28. The summed E-state index contributed by atoms with van der Waals surface area (Å²) in [6.45, 7) is 5.02. The van der Waals surface area contributed by atoms with Crippen molar-refractivity contribution in [1.29, 1.82) is 0 Å². The molecule has 0 aliphatic carbocycles. The quantitative estimate of drug-likeness (QED) is 0.259. The number of nitrogens with zero attached hydrogens (tertiary/aromatic N) is 2. The molecule has 0 radical (unpaired) electrons. The summed E-state index contributed by atoms with van der Waals surface area (Å²) in [5, 5.41) is 4.17. The zero-order chi connectivity index (χ0) is 24.8. The van der Waals surface area contributed by atoms with Gasteiger partial charge in [-0.3, -0.25) is 9.69 Å². The molecule has 0 bridgehead atoms. The van der Waals surface area contributed by atoms with Gasteiger partial charge >= 0.3 is 0 Å². The predicted molar refractivity (Wildman–Crippen MR) is 139 cm³/mol. The van der Waals surface area contributed by atoms with Crippen molar-refractivity contribution < 1.29 is 9.21 Å². The summed E-state index contributed by atoms with van der Waals surface area (Å²) >= 11 is 12.6. The van der Waals surface area contributed by atoms with Gasteiger partial charge in [0.1, 0.15) is 6.26 Å². The molecule has 0 spiro atoms. The molecule has 180 valence electrons. The van der Waals surface area contributed by atoms with Gasteiger partial charge < -0.3 is 9.73 Å². The van der Waals surface area contributed by atoms with Gasteiger partial charge in [0.25, 0.3) is 5.91 Å². The Bertz CT molecular complexity index is 1260. The van der Waals surface area contributed by atoms with Crippen LogP contribution in [0.3, 0.4) is 0 Å². The van der Waals surface area contributed by atoms with Gasteiger partial charge in [0.15, 0.2) is 5.69 Å². The first-order valence-corrected chi connectivity index (χ1v) is 12.2. The number of hydrogen-bond donors (Lipinski definition) is 1. The Kier molecular flexibility index (Phi) is 8.24. The van der Waals surface area contributed by atoms with Gasteiger partial charge in [-0.2, -0.15) is 0 Å². The molecule has 0 saturated carbocycles. The Morgan fingerprint density at radius 1 is 0.943 bits per heavy atom. The van der Waals surface area contributed by atoms with E-state index in [0.29, 0.717) is 29.0 Å². The molecule has 3 aromatic carbocycles. The Morgan fingerprint density at radius 3 is 2.26 bits per heavy atom.